The Morgan fingerprint density at radius 3 is 2.46 bits per heavy atom. The maximum Gasteiger partial charge on any atom is 0.422 e. The third-order valence-corrected chi connectivity index (χ3v) is 5.08. The van der Waals surface area contributed by atoms with E-state index in [1.807, 2.05) is 26.0 Å². The molecule has 1 aliphatic rings. The molecule has 0 aliphatic carbocycles. The number of para-hydroxylation sites is 1. The van der Waals surface area contributed by atoms with Crippen LogP contribution in [0.25, 0.3) is 17.0 Å². The smallest absolute Gasteiger partial charge is 0.404 e. The number of imide groups is 1. The molecule has 2 amide bonds. The summed E-state index contributed by atoms with van der Waals surface area (Å²) < 4.78 is 7.47. The monoisotopic (exact) mass is 352 g/mol. The van der Waals surface area contributed by atoms with Crippen molar-refractivity contribution < 1.29 is 14.3 Å². The fraction of sp³-hybridized carbons (Fsp3) is 0.333. The minimum atomic E-state index is -0.626. The normalized spacial score (nSPS) is 17.3. The van der Waals surface area contributed by atoms with Crippen LogP contribution in [0.15, 0.2) is 41.2 Å². The van der Waals surface area contributed by atoms with E-state index in [0.717, 1.165) is 29.0 Å². The first-order chi connectivity index (χ1) is 12.4. The van der Waals surface area contributed by atoms with Crippen LogP contribution >= 0.6 is 0 Å². The van der Waals surface area contributed by atoms with E-state index in [4.69, 9.17) is 4.74 Å². The van der Waals surface area contributed by atoms with Crippen molar-refractivity contribution in [1.29, 1.82) is 0 Å². The second-order valence-corrected chi connectivity index (χ2v) is 6.47. The Balaban J connectivity index is 2.17. The topological polar surface area (TPSA) is 51.5 Å². The molecule has 1 aliphatic heterocycles. The largest absolute Gasteiger partial charge is 0.422 e. The van der Waals surface area contributed by atoms with Crippen molar-refractivity contribution >= 4 is 29.0 Å². The summed E-state index contributed by atoms with van der Waals surface area (Å²) in [5.41, 5.74) is 5.22. The van der Waals surface area contributed by atoms with Crippen LogP contribution in [0.4, 0.5) is 4.79 Å². The van der Waals surface area contributed by atoms with Gasteiger partial charge < -0.3 is 9.30 Å². The molecule has 1 aromatic heterocycles. The van der Waals surface area contributed by atoms with Gasteiger partial charge in [0.1, 0.15) is 0 Å². The summed E-state index contributed by atoms with van der Waals surface area (Å²) in [6.45, 7) is 9.01. The Morgan fingerprint density at radius 1 is 1.19 bits per heavy atom. The number of cyclic esters (lactones) is 1. The zero-order valence-corrected chi connectivity index (χ0v) is 15.9. The molecule has 136 valence electrons. The van der Waals surface area contributed by atoms with Crippen LogP contribution in [-0.4, -0.2) is 28.5 Å². The number of rotatable bonds is 4. The maximum absolute atomic E-state index is 12.3. The number of carbonyl (C=O) groups is 2. The number of aryl methyl sites for hydroxylation is 1. The second kappa shape index (κ2) is 6.83. The van der Waals surface area contributed by atoms with Gasteiger partial charge in [0.05, 0.1) is 0 Å². The summed E-state index contributed by atoms with van der Waals surface area (Å²) in [7, 11) is 1.43. The lowest BCUT2D eigenvalue weighted by molar-refractivity contribution is -0.122. The molecule has 2 heterocycles. The van der Waals surface area contributed by atoms with E-state index in [1.165, 1.54) is 23.6 Å². The van der Waals surface area contributed by atoms with Gasteiger partial charge in [-0.15, -0.1) is 0 Å². The van der Waals surface area contributed by atoms with E-state index in [0.29, 0.717) is 5.57 Å². The van der Waals surface area contributed by atoms with E-state index >= 15 is 0 Å². The molecule has 0 bridgehead atoms. The molecule has 0 saturated carbocycles. The van der Waals surface area contributed by atoms with E-state index < -0.39 is 6.09 Å². The number of hydrogen-bond acceptors (Lipinski definition) is 3. The second-order valence-electron chi connectivity index (χ2n) is 6.47. The van der Waals surface area contributed by atoms with Crippen LogP contribution in [0.2, 0.25) is 0 Å². The van der Waals surface area contributed by atoms with Crippen molar-refractivity contribution in [1.82, 2.24) is 9.47 Å². The molecule has 1 fully saturated rings. The Morgan fingerprint density at radius 2 is 1.88 bits per heavy atom. The van der Waals surface area contributed by atoms with E-state index in [-0.39, 0.29) is 11.7 Å². The Kier molecular flexibility index (Phi) is 4.72. The van der Waals surface area contributed by atoms with Gasteiger partial charge in [-0.05, 0) is 44.9 Å². The van der Waals surface area contributed by atoms with Crippen LogP contribution in [0.5, 0.6) is 0 Å². The van der Waals surface area contributed by atoms with Gasteiger partial charge >= 0.3 is 6.09 Å². The van der Waals surface area contributed by atoms with Crippen LogP contribution in [0.1, 0.15) is 38.4 Å². The number of carbonyl (C=O) groups excluding carboxylic acids is 2. The molecule has 26 heavy (non-hydrogen) atoms. The number of likely N-dealkylation sites (N-methyl/N-ethyl adjacent to an activating group) is 1. The number of allylic oxidation sites excluding steroid dienone is 2. The molecule has 0 atom stereocenters. The number of nitrogens with zero attached hydrogens (tertiary/aromatic N) is 2. The first-order valence-electron chi connectivity index (χ1n) is 8.90. The zero-order chi connectivity index (χ0) is 19.0. The molecular formula is C21H24N2O3. The first-order valence-corrected chi connectivity index (χ1v) is 8.90. The number of hydrogen-bond donors (Lipinski definition) is 0. The van der Waals surface area contributed by atoms with Crippen molar-refractivity contribution in [2.24, 2.45) is 0 Å². The highest BCUT2D eigenvalue weighted by Gasteiger charge is 2.35. The lowest BCUT2D eigenvalue weighted by atomic mass is 9.99. The van der Waals surface area contributed by atoms with E-state index in [1.54, 1.807) is 0 Å². The van der Waals surface area contributed by atoms with Crippen molar-refractivity contribution in [2.45, 2.75) is 40.7 Å². The first kappa shape index (κ1) is 18.0. The highest BCUT2D eigenvalue weighted by Crippen LogP contribution is 2.31. The molecule has 5 heteroatoms. The van der Waals surface area contributed by atoms with Gasteiger partial charge in [0.2, 0.25) is 5.76 Å². The highest BCUT2D eigenvalue weighted by atomic mass is 16.6. The number of fused-ring (bicyclic) bond motifs is 1. The fourth-order valence-electron chi connectivity index (χ4n) is 3.51. The number of benzene rings is 1. The summed E-state index contributed by atoms with van der Waals surface area (Å²) in [4.78, 5) is 24.9. The summed E-state index contributed by atoms with van der Waals surface area (Å²) in [5.74, 6) is -0.262. The molecular weight excluding hydrogens is 328 g/mol. The molecule has 0 N–H and O–H groups in total. The number of amides is 2. The molecule has 0 unspecified atom stereocenters. The van der Waals surface area contributed by atoms with Crippen LogP contribution in [0.3, 0.4) is 0 Å². The summed E-state index contributed by atoms with van der Waals surface area (Å²) in [6, 6.07) is 8.32. The number of aromatic nitrogens is 1. The zero-order valence-electron chi connectivity index (χ0n) is 15.9. The summed E-state index contributed by atoms with van der Waals surface area (Å²) >= 11 is 0. The highest BCUT2D eigenvalue weighted by molar-refractivity contribution is 6.08. The van der Waals surface area contributed by atoms with Crippen molar-refractivity contribution in [2.75, 3.05) is 7.05 Å². The minimum Gasteiger partial charge on any atom is -0.404 e. The molecule has 5 nitrogen and oxygen atoms in total. The molecule has 1 saturated heterocycles. The van der Waals surface area contributed by atoms with Gasteiger partial charge in [0.25, 0.3) is 5.91 Å². The lowest BCUT2D eigenvalue weighted by Gasteiger charge is -2.08. The van der Waals surface area contributed by atoms with Gasteiger partial charge in [-0.2, -0.15) is 0 Å². The quantitative estimate of drug-likeness (QED) is 0.753. The molecule has 1 aromatic carbocycles. The molecule has 3 rings (SSSR count). The van der Waals surface area contributed by atoms with Crippen molar-refractivity contribution in [3.63, 3.8) is 0 Å². The predicted molar refractivity (Wildman–Crippen MR) is 103 cm³/mol. The average Bonchev–Trinajstić information content (AvgIpc) is 3.06. The van der Waals surface area contributed by atoms with Gasteiger partial charge in [-0.1, -0.05) is 25.1 Å². The maximum atomic E-state index is 12.3. The van der Waals surface area contributed by atoms with Crippen LogP contribution in [0, 0.1) is 6.92 Å². The lowest BCUT2D eigenvalue weighted by Crippen LogP contribution is -2.23. The molecule has 0 radical (unpaired) electrons. The Labute approximate surface area is 153 Å². The van der Waals surface area contributed by atoms with Crippen LogP contribution in [-0.2, 0) is 16.1 Å². The van der Waals surface area contributed by atoms with Crippen molar-refractivity contribution in [3.05, 3.63) is 52.4 Å². The Bertz CT molecular complexity index is 963. The van der Waals surface area contributed by atoms with E-state index in [9.17, 15) is 9.59 Å². The van der Waals surface area contributed by atoms with Gasteiger partial charge in [0.15, 0.2) is 0 Å². The van der Waals surface area contributed by atoms with Gasteiger partial charge in [-0.3, -0.25) is 4.79 Å². The average molecular weight is 352 g/mol. The summed E-state index contributed by atoms with van der Waals surface area (Å²) in [6.07, 6.45) is 2.22. The Hall–Kier alpha value is -2.82. The van der Waals surface area contributed by atoms with Gasteiger partial charge in [-0.25, -0.2) is 9.69 Å². The SMILES string of the molecule is CCC(=C\c1c(C)n(CC)c2ccccc12)/C(C)=C1/OC(=O)N(C)C1=O. The van der Waals surface area contributed by atoms with Crippen LogP contribution < -0.4 is 0 Å². The summed E-state index contributed by atoms with van der Waals surface area (Å²) in [5, 5.41) is 1.18. The van der Waals surface area contributed by atoms with Crippen molar-refractivity contribution in [3.8, 4) is 0 Å². The predicted octanol–water partition coefficient (Wildman–Crippen LogP) is 4.65. The molecule has 0 spiro atoms. The minimum absolute atomic E-state index is 0.127. The van der Waals surface area contributed by atoms with E-state index in [2.05, 4.69) is 36.6 Å². The molecule has 2 aromatic rings. The third-order valence-electron chi connectivity index (χ3n) is 5.08. The number of ether oxygens (including phenoxy) is 1. The van der Waals surface area contributed by atoms with Gasteiger partial charge in [0, 0.05) is 41.3 Å². The fourth-order valence-corrected chi connectivity index (χ4v) is 3.51. The standard InChI is InChI=1S/C21H24N2O3/c1-6-15(13(3)19-20(24)22(5)21(25)26-19)12-17-14(4)23(7-2)18-11-9-8-10-16(17)18/h8-12H,6-7H2,1-5H3/b15-12+,19-13+. The third kappa shape index (κ3) is 2.73.